The molecule has 1 aromatic rings. The third kappa shape index (κ3) is 4.29. The lowest BCUT2D eigenvalue weighted by atomic mass is 10.1. The molecule has 21 heavy (non-hydrogen) atoms. The first-order valence-corrected chi connectivity index (χ1v) is 10.1. The number of anilines is 1. The Hall–Kier alpha value is -1.39. The second kappa shape index (κ2) is 7.57. The number of carbonyl (C=O) groups is 1. The molecule has 1 N–H and O–H groups in total. The minimum absolute atomic E-state index is 0.121. The third-order valence-electron chi connectivity index (χ3n) is 4.40. The van der Waals surface area contributed by atoms with Crippen LogP contribution in [0, 0.1) is 20.4 Å². The van der Waals surface area contributed by atoms with Crippen molar-refractivity contribution in [2.75, 3.05) is 30.0 Å². The van der Waals surface area contributed by atoms with E-state index in [1.807, 2.05) is 26.0 Å². The van der Waals surface area contributed by atoms with Gasteiger partial charge in [-0.2, -0.15) is 0 Å². The molecule has 1 aromatic carbocycles. The van der Waals surface area contributed by atoms with E-state index in [1.54, 1.807) is 0 Å². The van der Waals surface area contributed by atoms with Gasteiger partial charge in [0.15, 0.2) is 5.69 Å². The number of hydrogen-bond donors (Lipinski definition) is 1. The van der Waals surface area contributed by atoms with Crippen molar-refractivity contribution in [2.45, 2.75) is 34.6 Å². The fraction of sp³-hybridized carbons (Fsp3) is 0.529. The van der Waals surface area contributed by atoms with Gasteiger partial charge in [-0.1, -0.05) is 12.1 Å². The highest BCUT2D eigenvalue weighted by atomic mass is 31.2. The standard InChI is InChI=1S/C17H25N2OP/c1-7-21(8-2,9-3)12-16(20)19-17-13(4)10-15(18-6)11-14(17)5/h10-11H,7-9,12H2,1-5H3/p+1. The molecule has 0 saturated carbocycles. The molecule has 114 valence electrons. The lowest BCUT2D eigenvalue weighted by Crippen LogP contribution is -2.22. The zero-order valence-corrected chi connectivity index (χ0v) is 14.7. The fourth-order valence-electron chi connectivity index (χ4n) is 2.69. The Morgan fingerprint density at radius 2 is 1.62 bits per heavy atom. The molecule has 0 aliphatic rings. The van der Waals surface area contributed by atoms with Gasteiger partial charge in [0, 0.05) is 12.9 Å². The van der Waals surface area contributed by atoms with Crippen LogP contribution in [0.25, 0.3) is 4.85 Å². The average molecular weight is 305 g/mol. The number of rotatable bonds is 6. The highest BCUT2D eigenvalue weighted by Gasteiger charge is 2.34. The number of carbonyl (C=O) groups excluding carboxylic acids is 1. The van der Waals surface area contributed by atoms with E-state index >= 15 is 0 Å². The zero-order valence-electron chi connectivity index (χ0n) is 13.8. The molecule has 0 radical (unpaired) electrons. The number of nitrogens with one attached hydrogen (secondary N) is 1. The zero-order chi connectivity index (χ0) is 16.0. The maximum Gasteiger partial charge on any atom is 0.261 e. The summed E-state index contributed by atoms with van der Waals surface area (Å²) in [7, 11) is -1.14. The lowest BCUT2D eigenvalue weighted by molar-refractivity contribution is -0.113. The van der Waals surface area contributed by atoms with Crippen LogP contribution in [-0.4, -0.2) is 30.6 Å². The summed E-state index contributed by atoms with van der Waals surface area (Å²) in [5, 5.41) is 3.07. The van der Waals surface area contributed by atoms with Gasteiger partial charge in [-0.05, 0) is 45.7 Å². The normalized spacial score (nSPS) is 11.0. The van der Waals surface area contributed by atoms with Gasteiger partial charge >= 0.3 is 0 Å². The first kappa shape index (κ1) is 17.7. The molecule has 0 aromatic heterocycles. The van der Waals surface area contributed by atoms with Gasteiger partial charge in [0.05, 0.1) is 25.1 Å². The number of hydrogen-bond acceptors (Lipinski definition) is 1. The van der Waals surface area contributed by atoms with Gasteiger partial charge in [-0.15, -0.1) is 0 Å². The maximum atomic E-state index is 12.4. The number of benzene rings is 1. The molecule has 0 heterocycles. The Morgan fingerprint density at radius 3 is 2.00 bits per heavy atom. The molecule has 0 spiro atoms. The molecule has 1 rings (SSSR count). The van der Waals surface area contributed by atoms with E-state index in [2.05, 4.69) is 30.9 Å². The van der Waals surface area contributed by atoms with Gasteiger partial charge in [-0.3, -0.25) is 4.79 Å². The number of amides is 1. The third-order valence-corrected chi connectivity index (χ3v) is 9.39. The van der Waals surface area contributed by atoms with E-state index in [9.17, 15) is 4.79 Å². The van der Waals surface area contributed by atoms with Crippen LogP contribution >= 0.6 is 7.26 Å². The molecule has 0 saturated heterocycles. The van der Waals surface area contributed by atoms with Crippen molar-refractivity contribution in [1.29, 1.82) is 0 Å². The summed E-state index contributed by atoms with van der Waals surface area (Å²) in [6, 6.07) is 3.66. The van der Waals surface area contributed by atoms with Crippen LogP contribution in [0.3, 0.4) is 0 Å². The van der Waals surface area contributed by atoms with Gasteiger partial charge in [0.25, 0.3) is 5.91 Å². The summed E-state index contributed by atoms with van der Waals surface area (Å²) >= 11 is 0. The first-order chi connectivity index (χ1) is 9.91. The first-order valence-electron chi connectivity index (χ1n) is 7.55. The molecular formula is C17H26N2OP+. The fourth-order valence-corrected chi connectivity index (χ4v) is 5.39. The van der Waals surface area contributed by atoms with Crippen molar-refractivity contribution in [1.82, 2.24) is 0 Å². The number of aryl methyl sites for hydroxylation is 2. The summed E-state index contributed by atoms with van der Waals surface area (Å²) in [6.45, 7) is 17.6. The van der Waals surface area contributed by atoms with Gasteiger partial charge in [0.1, 0.15) is 6.16 Å². The van der Waals surface area contributed by atoms with Crippen molar-refractivity contribution < 1.29 is 4.79 Å². The van der Waals surface area contributed by atoms with Crippen molar-refractivity contribution in [3.63, 3.8) is 0 Å². The van der Waals surface area contributed by atoms with Crippen molar-refractivity contribution in [3.8, 4) is 0 Å². The molecule has 0 bridgehead atoms. The molecule has 0 aliphatic carbocycles. The molecule has 1 amide bonds. The quantitative estimate of drug-likeness (QED) is 0.590. The minimum Gasteiger partial charge on any atom is -0.323 e. The Kier molecular flexibility index (Phi) is 6.37. The van der Waals surface area contributed by atoms with Crippen LogP contribution in [0.5, 0.6) is 0 Å². The SMILES string of the molecule is [C-]#[N+]c1cc(C)c(NC(=O)C[P+](CC)(CC)CC)c(C)c1. The largest absolute Gasteiger partial charge is 0.323 e. The van der Waals surface area contributed by atoms with E-state index in [4.69, 9.17) is 6.57 Å². The predicted molar refractivity (Wildman–Crippen MR) is 94.2 cm³/mol. The van der Waals surface area contributed by atoms with Crippen LogP contribution in [0.15, 0.2) is 12.1 Å². The predicted octanol–water partition coefficient (Wildman–Crippen LogP) is 4.87. The molecule has 0 fully saturated rings. The van der Waals surface area contributed by atoms with Crippen LogP contribution in [-0.2, 0) is 4.79 Å². The van der Waals surface area contributed by atoms with E-state index in [1.165, 1.54) is 0 Å². The molecule has 0 aliphatic heterocycles. The summed E-state index contributed by atoms with van der Waals surface area (Å²) in [5.41, 5.74) is 3.42. The average Bonchev–Trinajstić information content (AvgIpc) is 2.48. The van der Waals surface area contributed by atoms with Crippen molar-refractivity contribution in [2.24, 2.45) is 0 Å². The molecular weight excluding hydrogens is 279 g/mol. The molecule has 3 nitrogen and oxygen atoms in total. The summed E-state index contributed by atoms with van der Waals surface area (Å²) < 4.78 is 0. The lowest BCUT2D eigenvalue weighted by Gasteiger charge is -2.23. The van der Waals surface area contributed by atoms with Crippen LogP contribution in [0.2, 0.25) is 0 Å². The summed E-state index contributed by atoms with van der Waals surface area (Å²) in [5.74, 6) is 0.121. The van der Waals surface area contributed by atoms with Gasteiger partial charge in [-0.25, -0.2) is 4.85 Å². The molecule has 4 heteroatoms. The van der Waals surface area contributed by atoms with Crippen LogP contribution < -0.4 is 5.32 Å². The van der Waals surface area contributed by atoms with Crippen molar-refractivity contribution in [3.05, 3.63) is 34.7 Å². The minimum atomic E-state index is -1.14. The molecule has 0 atom stereocenters. The Labute approximate surface area is 129 Å². The van der Waals surface area contributed by atoms with Gasteiger partial charge < -0.3 is 5.32 Å². The Bertz CT molecular complexity index is 525. The van der Waals surface area contributed by atoms with Gasteiger partial charge in [0.2, 0.25) is 0 Å². The Balaban J connectivity index is 2.92. The second-order valence-electron chi connectivity index (χ2n) is 5.56. The summed E-state index contributed by atoms with van der Waals surface area (Å²) in [4.78, 5) is 15.9. The van der Waals surface area contributed by atoms with Crippen LogP contribution in [0.1, 0.15) is 31.9 Å². The summed E-state index contributed by atoms with van der Waals surface area (Å²) in [6.07, 6.45) is 4.05. The highest BCUT2D eigenvalue weighted by Crippen LogP contribution is 2.57. The topological polar surface area (TPSA) is 33.5 Å². The van der Waals surface area contributed by atoms with E-state index in [0.717, 1.165) is 35.3 Å². The van der Waals surface area contributed by atoms with E-state index in [-0.39, 0.29) is 5.91 Å². The Morgan fingerprint density at radius 1 is 1.14 bits per heavy atom. The maximum absolute atomic E-state index is 12.4. The second-order valence-corrected chi connectivity index (χ2v) is 10.5. The van der Waals surface area contributed by atoms with Crippen molar-refractivity contribution >= 4 is 24.5 Å². The van der Waals surface area contributed by atoms with Crippen LogP contribution in [0.4, 0.5) is 11.4 Å². The van der Waals surface area contributed by atoms with E-state index in [0.29, 0.717) is 11.8 Å². The highest BCUT2D eigenvalue weighted by molar-refractivity contribution is 7.76. The smallest absolute Gasteiger partial charge is 0.261 e. The monoisotopic (exact) mass is 305 g/mol. The number of nitrogens with zero attached hydrogens (tertiary/aromatic N) is 1. The molecule has 0 unspecified atom stereocenters. The van der Waals surface area contributed by atoms with E-state index < -0.39 is 7.26 Å².